The standard InChI is InChI=1S/C14H21N3O2.ClH/c1-19-13(18)12-3-2-11(16-12)8-17-7-5-14(10-17)4-6-15-9-14;/h2-3,15-16H,4-10H2,1H3;1H. The van der Waals surface area contributed by atoms with Gasteiger partial charge in [-0.25, -0.2) is 4.79 Å². The number of halogens is 1. The SMILES string of the molecule is COC(=O)c1ccc(CN2CCC3(CCNC3)C2)[nH]1.Cl. The number of nitrogens with one attached hydrogen (secondary N) is 2. The zero-order chi connectivity index (χ0) is 13.3. The second kappa shape index (κ2) is 6.16. The van der Waals surface area contributed by atoms with Crippen LogP contribution in [0.4, 0.5) is 0 Å². The second-order valence-electron chi connectivity index (χ2n) is 5.78. The topological polar surface area (TPSA) is 57.4 Å². The zero-order valence-electron chi connectivity index (χ0n) is 11.8. The summed E-state index contributed by atoms with van der Waals surface area (Å²) < 4.78 is 4.70. The summed E-state index contributed by atoms with van der Waals surface area (Å²) in [5, 5.41) is 3.47. The Balaban J connectivity index is 0.00000147. The summed E-state index contributed by atoms with van der Waals surface area (Å²) in [6.07, 6.45) is 2.58. The molecule has 1 spiro atoms. The molecule has 0 amide bonds. The van der Waals surface area contributed by atoms with E-state index in [1.807, 2.05) is 6.07 Å². The van der Waals surface area contributed by atoms with Gasteiger partial charge in [0.2, 0.25) is 0 Å². The smallest absolute Gasteiger partial charge is 0.354 e. The van der Waals surface area contributed by atoms with Crippen molar-refractivity contribution >= 4 is 18.4 Å². The summed E-state index contributed by atoms with van der Waals surface area (Å²) in [6, 6.07) is 3.77. The fourth-order valence-electron chi connectivity index (χ4n) is 3.31. The van der Waals surface area contributed by atoms with Crippen LogP contribution in [-0.4, -0.2) is 49.1 Å². The molecule has 5 nitrogen and oxygen atoms in total. The van der Waals surface area contributed by atoms with Crippen molar-refractivity contribution in [2.45, 2.75) is 19.4 Å². The molecule has 2 aliphatic rings. The number of hydrogen-bond donors (Lipinski definition) is 2. The van der Waals surface area contributed by atoms with E-state index in [0.717, 1.165) is 38.4 Å². The van der Waals surface area contributed by atoms with Crippen molar-refractivity contribution in [3.8, 4) is 0 Å². The Labute approximate surface area is 125 Å². The molecule has 0 aromatic carbocycles. The van der Waals surface area contributed by atoms with Gasteiger partial charge in [-0.3, -0.25) is 4.90 Å². The van der Waals surface area contributed by atoms with Crippen LogP contribution in [0.3, 0.4) is 0 Å². The fraction of sp³-hybridized carbons (Fsp3) is 0.643. The van der Waals surface area contributed by atoms with E-state index in [2.05, 4.69) is 15.2 Å². The van der Waals surface area contributed by atoms with Gasteiger partial charge in [0.1, 0.15) is 5.69 Å². The van der Waals surface area contributed by atoms with Crippen molar-refractivity contribution in [1.29, 1.82) is 0 Å². The van der Waals surface area contributed by atoms with Gasteiger partial charge in [0.15, 0.2) is 0 Å². The number of aromatic nitrogens is 1. The maximum absolute atomic E-state index is 11.4. The maximum atomic E-state index is 11.4. The van der Waals surface area contributed by atoms with E-state index >= 15 is 0 Å². The Kier molecular flexibility index (Phi) is 4.73. The summed E-state index contributed by atoms with van der Waals surface area (Å²) in [4.78, 5) is 17.0. The first-order valence-corrected chi connectivity index (χ1v) is 6.90. The lowest BCUT2D eigenvalue weighted by Gasteiger charge is -2.22. The van der Waals surface area contributed by atoms with E-state index in [9.17, 15) is 4.79 Å². The van der Waals surface area contributed by atoms with Crippen LogP contribution in [0.5, 0.6) is 0 Å². The Bertz CT molecular complexity index is 469. The molecule has 3 rings (SSSR count). The largest absolute Gasteiger partial charge is 0.464 e. The molecule has 0 saturated carbocycles. The van der Waals surface area contributed by atoms with E-state index < -0.39 is 0 Å². The van der Waals surface area contributed by atoms with Gasteiger partial charge in [0.05, 0.1) is 7.11 Å². The number of carbonyl (C=O) groups is 1. The minimum absolute atomic E-state index is 0. The molecule has 3 heterocycles. The van der Waals surface area contributed by atoms with Gasteiger partial charge in [-0.2, -0.15) is 0 Å². The molecule has 2 fully saturated rings. The fourth-order valence-corrected chi connectivity index (χ4v) is 3.31. The lowest BCUT2D eigenvalue weighted by Crippen LogP contribution is -2.29. The molecule has 0 aliphatic carbocycles. The van der Waals surface area contributed by atoms with Gasteiger partial charge in [-0.05, 0) is 43.5 Å². The minimum Gasteiger partial charge on any atom is -0.464 e. The number of H-pyrrole nitrogens is 1. The number of esters is 1. The van der Waals surface area contributed by atoms with Gasteiger partial charge >= 0.3 is 5.97 Å². The summed E-state index contributed by atoms with van der Waals surface area (Å²) in [5.74, 6) is -0.302. The minimum atomic E-state index is -0.302. The number of carbonyl (C=O) groups excluding carboxylic acids is 1. The van der Waals surface area contributed by atoms with Gasteiger partial charge < -0.3 is 15.0 Å². The van der Waals surface area contributed by atoms with E-state index in [0.29, 0.717) is 11.1 Å². The maximum Gasteiger partial charge on any atom is 0.354 e. The highest BCUT2D eigenvalue weighted by atomic mass is 35.5. The second-order valence-corrected chi connectivity index (χ2v) is 5.78. The van der Waals surface area contributed by atoms with Crippen LogP contribution < -0.4 is 5.32 Å². The van der Waals surface area contributed by atoms with Crippen molar-refractivity contribution in [1.82, 2.24) is 15.2 Å². The highest BCUT2D eigenvalue weighted by molar-refractivity contribution is 5.87. The predicted molar refractivity (Wildman–Crippen MR) is 79.2 cm³/mol. The molecule has 6 heteroatoms. The van der Waals surface area contributed by atoms with Crippen molar-refractivity contribution in [2.75, 3.05) is 33.3 Å². The number of methoxy groups -OCH3 is 1. The lowest BCUT2D eigenvalue weighted by atomic mass is 9.87. The van der Waals surface area contributed by atoms with Crippen LogP contribution in [0.1, 0.15) is 29.0 Å². The van der Waals surface area contributed by atoms with Crippen LogP contribution in [0, 0.1) is 5.41 Å². The van der Waals surface area contributed by atoms with E-state index in [1.54, 1.807) is 6.07 Å². The van der Waals surface area contributed by atoms with E-state index in [1.165, 1.54) is 20.0 Å². The van der Waals surface area contributed by atoms with Crippen molar-refractivity contribution in [3.63, 3.8) is 0 Å². The summed E-state index contributed by atoms with van der Waals surface area (Å²) in [7, 11) is 1.40. The van der Waals surface area contributed by atoms with Crippen molar-refractivity contribution in [2.24, 2.45) is 5.41 Å². The quantitative estimate of drug-likeness (QED) is 0.829. The highest BCUT2D eigenvalue weighted by Crippen LogP contribution is 2.36. The number of aromatic amines is 1. The Morgan fingerprint density at radius 3 is 3.00 bits per heavy atom. The number of ether oxygens (including phenoxy) is 1. The molecular formula is C14H22ClN3O2. The predicted octanol–water partition coefficient (Wildman–Crippen LogP) is 1.41. The number of rotatable bonds is 3. The third-order valence-corrected chi connectivity index (χ3v) is 4.40. The molecule has 1 atom stereocenters. The Morgan fingerprint density at radius 2 is 2.30 bits per heavy atom. The summed E-state index contributed by atoms with van der Waals surface area (Å²) >= 11 is 0. The molecule has 0 radical (unpaired) electrons. The monoisotopic (exact) mass is 299 g/mol. The zero-order valence-corrected chi connectivity index (χ0v) is 12.6. The first-order chi connectivity index (χ1) is 9.21. The van der Waals surface area contributed by atoms with Crippen LogP contribution in [-0.2, 0) is 11.3 Å². The average Bonchev–Trinajstić information content (AvgIpc) is 3.13. The summed E-state index contributed by atoms with van der Waals surface area (Å²) in [6.45, 7) is 5.50. The molecule has 1 aromatic heterocycles. The van der Waals surface area contributed by atoms with E-state index in [-0.39, 0.29) is 18.4 Å². The number of nitrogens with zero attached hydrogens (tertiary/aromatic N) is 1. The molecule has 0 bridgehead atoms. The summed E-state index contributed by atoms with van der Waals surface area (Å²) in [5.41, 5.74) is 2.12. The molecule has 112 valence electrons. The first kappa shape index (κ1) is 15.4. The van der Waals surface area contributed by atoms with Crippen LogP contribution in [0.25, 0.3) is 0 Å². The van der Waals surface area contributed by atoms with Crippen LogP contribution in [0.15, 0.2) is 12.1 Å². The van der Waals surface area contributed by atoms with Crippen molar-refractivity contribution in [3.05, 3.63) is 23.5 Å². The number of likely N-dealkylation sites (tertiary alicyclic amines) is 1. The van der Waals surface area contributed by atoms with Gasteiger partial charge in [-0.15, -0.1) is 12.4 Å². The van der Waals surface area contributed by atoms with Crippen LogP contribution >= 0.6 is 12.4 Å². The van der Waals surface area contributed by atoms with Gasteiger partial charge in [0, 0.05) is 25.3 Å². The first-order valence-electron chi connectivity index (χ1n) is 6.90. The lowest BCUT2D eigenvalue weighted by molar-refractivity contribution is 0.0594. The van der Waals surface area contributed by atoms with E-state index in [4.69, 9.17) is 4.74 Å². The highest BCUT2D eigenvalue weighted by Gasteiger charge is 2.40. The molecule has 20 heavy (non-hydrogen) atoms. The average molecular weight is 300 g/mol. The Hall–Kier alpha value is -1.04. The molecule has 1 aromatic rings. The molecule has 1 unspecified atom stereocenters. The molecule has 2 aliphatic heterocycles. The normalized spacial score (nSPS) is 25.9. The molecule has 2 saturated heterocycles. The molecular weight excluding hydrogens is 278 g/mol. The van der Waals surface area contributed by atoms with Gasteiger partial charge in [0.25, 0.3) is 0 Å². The number of hydrogen-bond acceptors (Lipinski definition) is 4. The van der Waals surface area contributed by atoms with Crippen LogP contribution in [0.2, 0.25) is 0 Å². The van der Waals surface area contributed by atoms with Crippen molar-refractivity contribution < 1.29 is 9.53 Å². The van der Waals surface area contributed by atoms with Gasteiger partial charge in [-0.1, -0.05) is 0 Å². The third-order valence-electron chi connectivity index (χ3n) is 4.40. The Morgan fingerprint density at radius 1 is 1.45 bits per heavy atom. The molecule has 2 N–H and O–H groups in total. The third kappa shape index (κ3) is 3.00.